The van der Waals surface area contributed by atoms with Crippen molar-refractivity contribution in [3.05, 3.63) is 64.7 Å². The average molecular weight is 356 g/mol. The average Bonchev–Trinajstić information content (AvgIpc) is 2.60. The molecule has 0 aromatic heterocycles. The van der Waals surface area contributed by atoms with Crippen LogP contribution in [0.4, 0.5) is 5.69 Å². The fraction of sp³-hybridized carbons (Fsp3) is 0.333. The van der Waals surface area contributed by atoms with Gasteiger partial charge in [0.2, 0.25) is 0 Å². The molecule has 0 aliphatic rings. The smallest absolute Gasteiger partial charge is 0.328 e. The molecule has 0 spiro atoms. The number of esters is 1. The van der Waals surface area contributed by atoms with Gasteiger partial charge in [-0.2, -0.15) is 0 Å². The Labute approximate surface area is 155 Å². The zero-order valence-corrected chi connectivity index (χ0v) is 16.3. The number of anilines is 1. The van der Waals surface area contributed by atoms with Crippen molar-refractivity contribution < 1.29 is 9.53 Å². The zero-order valence-electron chi connectivity index (χ0n) is 15.5. The summed E-state index contributed by atoms with van der Waals surface area (Å²) in [5.74, 6) is -0.251. The van der Waals surface area contributed by atoms with Crippen molar-refractivity contribution in [2.75, 3.05) is 12.0 Å². The number of methoxy groups -OCH3 is 1. The van der Waals surface area contributed by atoms with E-state index in [2.05, 4.69) is 43.0 Å². The van der Waals surface area contributed by atoms with Crippen LogP contribution >= 0.6 is 12.2 Å². The van der Waals surface area contributed by atoms with E-state index in [9.17, 15) is 4.79 Å². The second-order valence-electron chi connectivity index (χ2n) is 6.27. The van der Waals surface area contributed by atoms with Crippen molar-refractivity contribution in [2.45, 2.75) is 40.3 Å². The maximum absolute atomic E-state index is 12.3. The van der Waals surface area contributed by atoms with Crippen LogP contribution in [-0.2, 0) is 16.1 Å². The van der Waals surface area contributed by atoms with Gasteiger partial charge in [0.15, 0.2) is 0 Å². The predicted octanol–water partition coefficient (Wildman–Crippen LogP) is 4.61. The van der Waals surface area contributed by atoms with Gasteiger partial charge in [-0.1, -0.05) is 54.7 Å². The lowest BCUT2D eigenvalue weighted by Gasteiger charge is -2.33. The monoisotopic (exact) mass is 355 g/mol. The molecular formula is C21H25NO2S. The number of carbonyl (C=O) groups is 1. The van der Waals surface area contributed by atoms with E-state index < -0.39 is 6.04 Å². The molecule has 0 aliphatic carbocycles. The zero-order chi connectivity index (χ0) is 18.6. The van der Waals surface area contributed by atoms with Crippen molar-refractivity contribution in [1.82, 2.24) is 0 Å². The first kappa shape index (κ1) is 19.1. The summed E-state index contributed by atoms with van der Waals surface area (Å²) in [5, 5.41) is 0. The lowest BCUT2D eigenvalue weighted by Crippen LogP contribution is -2.40. The third-order valence-corrected chi connectivity index (χ3v) is 4.72. The van der Waals surface area contributed by atoms with Crippen LogP contribution in [0.2, 0.25) is 0 Å². The number of ether oxygens (including phenoxy) is 1. The first-order valence-electron chi connectivity index (χ1n) is 8.36. The fourth-order valence-electron chi connectivity index (χ4n) is 3.15. The van der Waals surface area contributed by atoms with Crippen LogP contribution in [-0.4, -0.2) is 24.0 Å². The number of hydrogen-bond acceptors (Lipinski definition) is 4. The summed E-state index contributed by atoms with van der Waals surface area (Å²) in [5.41, 5.74) is 5.44. The Hall–Kier alpha value is -2.20. The van der Waals surface area contributed by atoms with Gasteiger partial charge in [0.05, 0.1) is 7.11 Å². The highest BCUT2D eigenvalue weighted by molar-refractivity contribution is 7.80. The third kappa shape index (κ3) is 4.26. The van der Waals surface area contributed by atoms with Gasteiger partial charge in [-0.3, -0.25) is 0 Å². The van der Waals surface area contributed by atoms with Gasteiger partial charge >= 0.3 is 5.97 Å². The van der Waals surface area contributed by atoms with Gasteiger partial charge in [0.25, 0.3) is 0 Å². The number of nitrogens with zero attached hydrogens (tertiary/aromatic N) is 1. The second-order valence-corrected chi connectivity index (χ2v) is 6.88. The van der Waals surface area contributed by atoms with Crippen LogP contribution in [0, 0.1) is 13.8 Å². The second kappa shape index (κ2) is 8.26. The molecular weight excluding hydrogens is 330 g/mol. The minimum Gasteiger partial charge on any atom is -0.467 e. The third-order valence-electron chi connectivity index (χ3n) is 4.50. The van der Waals surface area contributed by atoms with E-state index in [4.69, 9.17) is 17.0 Å². The lowest BCUT2D eigenvalue weighted by atomic mass is 9.98. The molecule has 132 valence electrons. The highest BCUT2D eigenvalue weighted by atomic mass is 32.1. The Morgan fingerprint density at radius 1 is 1.16 bits per heavy atom. The van der Waals surface area contributed by atoms with Crippen LogP contribution < -0.4 is 4.90 Å². The van der Waals surface area contributed by atoms with Crippen molar-refractivity contribution in [2.24, 2.45) is 0 Å². The van der Waals surface area contributed by atoms with E-state index in [0.717, 1.165) is 32.8 Å². The molecule has 1 atom stereocenters. The van der Waals surface area contributed by atoms with E-state index in [-0.39, 0.29) is 5.97 Å². The summed E-state index contributed by atoms with van der Waals surface area (Å²) in [6.45, 7) is 8.56. The Morgan fingerprint density at radius 2 is 1.80 bits per heavy atom. The van der Waals surface area contributed by atoms with Crippen LogP contribution in [0.3, 0.4) is 0 Å². The molecule has 2 rings (SSSR count). The molecule has 2 aromatic rings. The summed E-state index contributed by atoms with van der Waals surface area (Å²) in [6, 6.07) is 13.9. The minimum atomic E-state index is -0.400. The van der Waals surface area contributed by atoms with E-state index in [1.807, 2.05) is 32.0 Å². The van der Waals surface area contributed by atoms with Crippen molar-refractivity contribution in [3.63, 3.8) is 0 Å². The van der Waals surface area contributed by atoms with Crippen LogP contribution in [0.5, 0.6) is 0 Å². The van der Waals surface area contributed by atoms with Crippen LogP contribution in [0.1, 0.15) is 36.1 Å². The number of aryl methyl sites for hydroxylation is 1. The summed E-state index contributed by atoms with van der Waals surface area (Å²) >= 11 is 5.40. The summed E-state index contributed by atoms with van der Waals surface area (Å²) in [6.07, 6.45) is 0. The molecule has 1 unspecified atom stereocenters. The maximum atomic E-state index is 12.3. The SMILES string of the molecule is COC(=O)C(C)N(Cc1ccccc1)c1c(C)ccc(C(C)=S)c1C. The highest BCUT2D eigenvalue weighted by Crippen LogP contribution is 2.31. The fourth-order valence-corrected chi connectivity index (χ4v) is 3.37. The Balaban J connectivity index is 2.57. The topological polar surface area (TPSA) is 29.5 Å². The molecule has 0 heterocycles. The molecule has 25 heavy (non-hydrogen) atoms. The number of thiocarbonyl (C=S) groups is 1. The number of hydrogen-bond donors (Lipinski definition) is 0. The summed E-state index contributed by atoms with van der Waals surface area (Å²) < 4.78 is 5.00. The van der Waals surface area contributed by atoms with Gasteiger partial charge in [-0.25, -0.2) is 4.79 Å². The standard InChI is InChI=1S/C21H25NO2S/c1-14-11-12-19(17(4)25)15(2)20(14)22(16(3)21(23)24-5)13-18-9-7-6-8-10-18/h6-12,16H,13H2,1-5H3. The Morgan fingerprint density at radius 3 is 2.36 bits per heavy atom. The van der Waals surface area contributed by atoms with Crippen LogP contribution in [0.15, 0.2) is 42.5 Å². The predicted molar refractivity (Wildman–Crippen MR) is 107 cm³/mol. The van der Waals surface area contributed by atoms with Gasteiger partial charge < -0.3 is 9.64 Å². The van der Waals surface area contributed by atoms with Gasteiger partial charge in [-0.15, -0.1) is 0 Å². The Kier molecular flexibility index (Phi) is 6.32. The molecule has 0 saturated heterocycles. The molecule has 4 heteroatoms. The molecule has 0 saturated carbocycles. The van der Waals surface area contributed by atoms with E-state index in [1.54, 1.807) is 0 Å². The molecule has 2 aromatic carbocycles. The van der Waals surface area contributed by atoms with Crippen molar-refractivity contribution in [1.29, 1.82) is 0 Å². The molecule has 3 nitrogen and oxygen atoms in total. The van der Waals surface area contributed by atoms with E-state index in [1.165, 1.54) is 7.11 Å². The van der Waals surface area contributed by atoms with Crippen LogP contribution in [0.25, 0.3) is 0 Å². The lowest BCUT2D eigenvalue weighted by molar-refractivity contribution is -0.141. The molecule has 0 radical (unpaired) electrons. The molecule has 0 amide bonds. The first-order valence-corrected chi connectivity index (χ1v) is 8.77. The molecule has 0 bridgehead atoms. The summed E-state index contributed by atoms with van der Waals surface area (Å²) in [7, 11) is 1.43. The molecule has 0 N–H and O–H groups in total. The highest BCUT2D eigenvalue weighted by Gasteiger charge is 2.26. The van der Waals surface area contributed by atoms with Gasteiger partial charge in [0.1, 0.15) is 6.04 Å². The number of rotatable bonds is 6. The molecule has 0 aliphatic heterocycles. The summed E-state index contributed by atoms with van der Waals surface area (Å²) in [4.78, 5) is 15.2. The minimum absolute atomic E-state index is 0.251. The van der Waals surface area contributed by atoms with E-state index >= 15 is 0 Å². The van der Waals surface area contributed by atoms with Crippen molar-refractivity contribution in [3.8, 4) is 0 Å². The normalized spacial score (nSPS) is 11.7. The Bertz CT molecular complexity index is 771. The van der Waals surface area contributed by atoms with Gasteiger partial charge in [-0.05, 0) is 49.9 Å². The first-order chi connectivity index (χ1) is 11.9. The molecule has 0 fully saturated rings. The largest absolute Gasteiger partial charge is 0.467 e. The number of benzene rings is 2. The maximum Gasteiger partial charge on any atom is 0.328 e. The van der Waals surface area contributed by atoms with Crippen molar-refractivity contribution >= 4 is 28.7 Å². The quantitative estimate of drug-likeness (QED) is 0.430. The number of carbonyl (C=O) groups excluding carboxylic acids is 1. The van der Waals surface area contributed by atoms with E-state index in [0.29, 0.717) is 6.54 Å². The van der Waals surface area contributed by atoms with Gasteiger partial charge in [0, 0.05) is 17.1 Å².